The highest BCUT2D eigenvalue weighted by Gasteiger charge is 2.12. The maximum Gasteiger partial charge on any atom is 0.262 e. The summed E-state index contributed by atoms with van der Waals surface area (Å²) in [5.41, 5.74) is 0.562. The van der Waals surface area contributed by atoms with Crippen LogP contribution in [0.1, 0.15) is 0 Å². The van der Waals surface area contributed by atoms with Gasteiger partial charge in [-0.3, -0.25) is 14.2 Å². The maximum atomic E-state index is 12.2. The van der Waals surface area contributed by atoms with Gasteiger partial charge in [0.2, 0.25) is 5.91 Å². The number of thioether (sulfide) groups is 1. The van der Waals surface area contributed by atoms with E-state index in [0.29, 0.717) is 26.8 Å². The van der Waals surface area contributed by atoms with Gasteiger partial charge in [0, 0.05) is 18.8 Å². The van der Waals surface area contributed by atoms with Gasteiger partial charge >= 0.3 is 0 Å². The molecule has 24 heavy (non-hydrogen) atoms. The van der Waals surface area contributed by atoms with Crippen LogP contribution in [-0.2, 0) is 11.8 Å². The Hall–Kier alpha value is -2.32. The smallest absolute Gasteiger partial charge is 0.262 e. The van der Waals surface area contributed by atoms with Gasteiger partial charge in [0.1, 0.15) is 10.6 Å². The molecule has 0 aliphatic heterocycles. The Morgan fingerprint density at radius 3 is 3.04 bits per heavy atom. The molecule has 8 heteroatoms. The molecule has 0 aliphatic carbocycles. The molecule has 124 valence electrons. The molecular weight excluding hydrogens is 346 g/mol. The van der Waals surface area contributed by atoms with E-state index < -0.39 is 0 Å². The van der Waals surface area contributed by atoms with Crippen LogP contribution in [0.25, 0.3) is 10.2 Å². The normalized spacial score (nSPS) is 10.8. The second kappa shape index (κ2) is 7.06. The van der Waals surface area contributed by atoms with Gasteiger partial charge in [-0.2, -0.15) is 0 Å². The number of thiophene rings is 1. The molecular formula is C16H15N3O3S2. The molecule has 0 atom stereocenters. The molecule has 0 radical (unpaired) electrons. The highest BCUT2D eigenvalue weighted by molar-refractivity contribution is 7.99. The minimum Gasteiger partial charge on any atom is -0.497 e. The summed E-state index contributed by atoms with van der Waals surface area (Å²) in [4.78, 5) is 29.5. The lowest BCUT2D eigenvalue weighted by molar-refractivity contribution is -0.113. The van der Waals surface area contributed by atoms with E-state index in [9.17, 15) is 9.59 Å². The number of rotatable bonds is 5. The van der Waals surface area contributed by atoms with Crippen molar-refractivity contribution in [2.24, 2.45) is 7.05 Å². The number of aromatic nitrogens is 2. The number of carbonyl (C=O) groups excluding carboxylic acids is 1. The fraction of sp³-hybridized carbons (Fsp3) is 0.188. The molecule has 1 amide bonds. The first-order chi connectivity index (χ1) is 11.6. The highest BCUT2D eigenvalue weighted by atomic mass is 32.2. The molecule has 1 N–H and O–H groups in total. The topological polar surface area (TPSA) is 73.2 Å². The molecule has 2 heterocycles. The Bertz CT molecular complexity index is 949. The lowest BCUT2D eigenvalue weighted by Crippen LogP contribution is -2.20. The maximum absolute atomic E-state index is 12.2. The van der Waals surface area contributed by atoms with Crippen LogP contribution in [0.5, 0.6) is 5.75 Å². The van der Waals surface area contributed by atoms with E-state index >= 15 is 0 Å². The molecule has 0 saturated carbocycles. The summed E-state index contributed by atoms with van der Waals surface area (Å²) in [7, 11) is 3.23. The first-order valence-electron chi connectivity index (χ1n) is 7.09. The molecule has 1 aromatic carbocycles. The van der Waals surface area contributed by atoms with Crippen LogP contribution in [0.3, 0.4) is 0 Å². The van der Waals surface area contributed by atoms with Crippen molar-refractivity contribution in [3.05, 3.63) is 46.1 Å². The van der Waals surface area contributed by atoms with Gasteiger partial charge < -0.3 is 10.1 Å². The second-order valence-electron chi connectivity index (χ2n) is 4.97. The highest BCUT2D eigenvalue weighted by Crippen LogP contribution is 2.21. The number of hydrogen-bond donors (Lipinski definition) is 1. The Balaban J connectivity index is 1.70. The quantitative estimate of drug-likeness (QED) is 0.559. The van der Waals surface area contributed by atoms with Crippen LogP contribution in [-0.4, -0.2) is 28.3 Å². The summed E-state index contributed by atoms with van der Waals surface area (Å²) in [5.74, 6) is 0.662. The third-order valence-electron chi connectivity index (χ3n) is 3.35. The zero-order chi connectivity index (χ0) is 17.1. The van der Waals surface area contributed by atoms with Crippen LogP contribution in [0, 0.1) is 0 Å². The first kappa shape index (κ1) is 16.5. The number of carbonyl (C=O) groups is 1. The van der Waals surface area contributed by atoms with Crippen LogP contribution in [0.15, 0.2) is 45.7 Å². The summed E-state index contributed by atoms with van der Waals surface area (Å²) >= 11 is 2.65. The Labute approximate surface area is 146 Å². The average molecular weight is 361 g/mol. The lowest BCUT2D eigenvalue weighted by Gasteiger charge is -2.08. The van der Waals surface area contributed by atoms with Crippen LogP contribution >= 0.6 is 23.1 Å². The number of amides is 1. The molecule has 0 fully saturated rings. The SMILES string of the molecule is COc1cccc(NC(=O)CSc2nc3sccc3c(=O)n2C)c1. The summed E-state index contributed by atoms with van der Waals surface area (Å²) in [6.45, 7) is 0. The van der Waals surface area contributed by atoms with Gasteiger partial charge in [-0.1, -0.05) is 17.8 Å². The van der Waals surface area contributed by atoms with Crippen molar-refractivity contribution in [2.45, 2.75) is 5.16 Å². The monoisotopic (exact) mass is 361 g/mol. The van der Waals surface area contributed by atoms with Crippen LogP contribution in [0.2, 0.25) is 0 Å². The van der Waals surface area contributed by atoms with Gasteiger partial charge in [0.25, 0.3) is 5.56 Å². The molecule has 0 bridgehead atoms. The van der Waals surface area contributed by atoms with E-state index in [0.717, 1.165) is 0 Å². The Morgan fingerprint density at radius 1 is 1.42 bits per heavy atom. The molecule has 0 unspecified atom stereocenters. The molecule has 2 aromatic heterocycles. The van der Waals surface area contributed by atoms with Crippen molar-refractivity contribution in [3.63, 3.8) is 0 Å². The van der Waals surface area contributed by atoms with E-state index in [4.69, 9.17) is 4.74 Å². The number of ether oxygens (including phenoxy) is 1. The van der Waals surface area contributed by atoms with Crippen molar-refractivity contribution in [1.29, 1.82) is 0 Å². The fourth-order valence-corrected chi connectivity index (χ4v) is 3.71. The number of hydrogen-bond acceptors (Lipinski definition) is 6. The van der Waals surface area contributed by atoms with Gasteiger partial charge in [-0.05, 0) is 23.6 Å². The van der Waals surface area contributed by atoms with E-state index in [1.807, 2.05) is 5.38 Å². The molecule has 0 spiro atoms. The van der Waals surface area contributed by atoms with Gasteiger partial charge in [0.05, 0.1) is 18.2 Å². The van der Waals surface area contributed by atoms with Crippen molar-refractivity contribution in [3.8, 4) is 5.75 Å². The van der Waals surface area contributed by atoms with Crippen molar-refractivity contribution >= 4 is 44.9 Å². The molecule has 6 nitrogen and oxygen atoms in total. The molecule has 3 rings (SSSR count). The number of anilines is 1. The summed E-state index contributed by atoms with van der Waals surface area (Å²) in [6.07, 6.45) is 0. The predicted octanol–water partition coefficient (Wildman–Crippen LogP) is 2.73. The third kappa shape index (κ3) is 3.44. The zero-order valence-electron chi connectivity index (χ0n) is 13.1. The van der Waals surface area contributed by atoms with E-state index in [1.54, 1.807) is 44.5 Å². The van der Waals surface area contributed by atoms with Crippen LogP contribution in [0.4, 0.5) is 5.69 Å². The van der Waals surface area contributed by atoms with Gasteiger partial charge in [-0.25, -0.2) is 4.98 Å². The minimum absolute atomic E-state index is 0.100. The van der Waals surface area contributed by atoms with E-state index in [1.165, 1.54) is 27.7 Å². The van der Waals surface area contributed by atoms with Gasteiger partial charge in [0.15, 0.2) is 5.16 Å². The first-order valence-corrected chi connectivity index (χ1v) is 8.96. The standard InChI is InChI=1S/C16H15N3O3S2/c1-19-15(21)12-6-7-23-14(12)18-16(19)24-9-13(20)17-10-4-3-5-11(8-10)22-2/h3-8H,9H2,1-2H3,(H,17,20). The number of methoxy groups -OCH3 is 1. The zero-order valence-corrected chi connectivity index (χ0v) is 14.7. The predicted molar refractivity (Wildman–Crippen MR) is 97.2 cm³/mol. The third-order valence-corrected chi connectivity index (χ3v) is 5.19. The lowest BCUT2D eigenvalue weighted by atomic mass is 10.3. The molecule has 3 aromatic rings. The molecule has 0 aliphatic rings. The summed E-state index contributed by atoms with van der Waals surface area (Å²) < 4.78 is 6.60. The van der Waals surface area contributed by atoms with Gasteiger partial charge in [-0.15, -0.1) is 11.3 Å². The Morgan fingerprint density at radius 2 is 2.25 bits per heavy atom. The second-order valence-corrected chi connectivity index (χ2v) is 6.80. The average Bonchev–Trinajstić information content (AvgIpc) is 3.05. The largest absolute Gasteiger partial charge is 0.497 e. The van der Waals surface area contributed by atoms with Crippen molar-refractivity contribution in [1.82, 2.24) is 9.55 Å². The van der Waals surface area contributed by atoms with Crippen LogP contribution < -0.4 is 15.6 Å². The number of nitrogens with zero attached hydrogens (tertiary/aromatic N) is 2. The summed E-state index contributed by atoms with van der Waals surface area (Å²) in [5, 5.41) is 5.77. The number of benzene rings is 1. The summed E-state index contributed by atoms with van der Waals surface area (Å²) in [6, 6.07) is 8.91. The molecule has 0 saturated heterocycles. The minimum atomic E-state index is -0.172. The number of fused-ring (bicyclic) bond motifs is 1. The number of nitrogens with one attached hydrogen (secondary N) is 1. The fourth-order valence-electron chi connectivity index (χ4n) is 2.14. The van der Waals surface area contributed by atoms with E-state index in [-0.39, 0.29) is 17.2 Å². The van der Waals surface area contributed by atoms with E-state index in [2.05, 4.69) is 10.3 Å². The Kier molecular flexibility index (Phi) is 4.86. The van der Waals surface area contributed by atoms with Crippen molar-refractivity contribution in [2.75, 3.05) is 18.2 Å². The van der Waals surface area contributed by atoms with Crippen molar-refractivity contribution < 1.29 is 9.53 Å².